The molecule has 3 rings (SSSR count). The van der Waals surface area contributed by atoms with Crippen LogP contribution < -0.4 is 15.2 Å². The van der Waals surface area contributed by atoms with E-state index in [0.29, 0.717) is 11.6 Å². The van der Waals surface area contributed by atoms with E-state index in [-0.39, 0.29) is 6.42 Å². The lowest BCUT2D eigenvalue weighted by Gasteiger charge is -2.12. The predicted octanol–water partition coefficient (Wildman–Crippen LogP) is 2.93. The van der Waals surface area contributed by atoms with Gasteiger partial charge in [0.2, 0.25) is 5.88 Å². The zero-order valence-electron chi connectivity index (χ0n) is 14.1. The van der Waals surface area contributed by atoms with Crippen molar-refractivity contribution in [3.8, 4) is 17.4 Å². The van der Waals surface area contributed by atoms with Crippen molar-refractivity contribution in [1.29, 1.82) is 0 Å². The van der Waals surface area contributed by atoms with Crippen molar-refractivity contribution < 1.29 is 19.4 Å². The van der Waals surface area contributed by atoms with Crippen LogP contribution in [0.1, 0.15) is 5.56 Å². The Bertz CT molecular complexity index is 900. The normalized spacial score (nSPS) is 12.1. The lowest BCUT2D eigenvalue weighted by molar-refractivity contribution is -0.138. The van der Waals surface area contributed by atoms with Crippen LogP contribution in [0, 0.1) is 0 Å². The summed E-state index contributed by atoms with van der Waals surface area (Å²) in [7, 11) is 3.49. The fourth-order valence-electron chi connectivity index (χ4n) is 2.84. The molecule has 25 heavy (non-hydrogen) atoms. The topological polar surface area (TPSA) is 86.7 Å². The maximum atomic E-state index is 11.2. The molecular formula is C19H20N2O4. The molecule has 0 amide bonds. The molecule has 2 aromatic carbocycles. The van der Waals surface area contributed by atoms with Crippen molar-refractivity contribution in [3.05, 3.63) is 54.1 Å². The molecule has 0 aliphatic rings. The highest BCUT2D eigenvalue weighted by Crippen LogP contribution is 2.35. The molecule has 3 N–H and O–H groups in total. The summed E-state index contributed by atoms with van der Waals surface area (Å²) in [6, 6.07) is 14.0. The monoisotopic (exact) mass is 340 g/mol. The minimum absolute atomic E-state index is 0.183. The second-order valence-corrected chi connectivity index (χ2v) is 5.79. The molecule has 0 fully saturated rings. The number of nitrogens with zero attached hydrogens (tertiary/aromatic N) is 1. The molecule has 6 heteroatoms. The summed E-state index contributed by atoms with van der Waals surface area (Å²) >= 11 is 0. The van der Waals surface area contributed by atoms with Gasteiger partial charge in [-0.3, -0.25) is 4.79 Å². The first-order valence-electron chi connectivity index (χ1n) is 7.88. The van der Waals surface area contributed by atoms with Crippen LogP contribution in [0.3, 0.4) is 0 Å². The van der Waals surface area contributed by atoms with E-state index in [1.165, 1.54) is 0 Å². The highest BCUT2D eigenvalue weighted by atomic mass is 16.5. The van der Waals surface area contributed by atoms with E-state index in [1.54, 1.807) is 31.4 Å². The Morgan fingerprint density at radius 2 is 1.80 bits per heavy atom. The van der Waals surface area contributed by atoms with Crippen LogP contribution in [0.15, 0.2) is 48.5 Å². The van der Waals surface area contributed by atoms with Gasteiger partial charge in [0, 0.05) is 24.4 Å². The van der Waals surface area contributed by atoms with E-state index in [0.717, 1.165) is 22.2 Å². The number of fused-ring (bicyclic) bond motifs is 1. The number of ether oxygens (including phenoxy) is 2. The molecule has 0 saturated carbocycles. The first kappa shape index (κ1) is 16.9. The summed E-state index contributed by atoms with van der Waals surface area (Å²) < 4.78 is 13.1. The molecular weight excluding hydrogens is 320 g/mol. The second-order valence-electron chi connectivity index (χ2n) is 5.79. The molecule has 1 atom stereocenters. The van der Waals surface area contributed by atoms with Crippen molar-refractivity contribution in [2.45, 2.75) is 12.5 Å². The molecule has 1 aromatic heterocycles. The van der Waals surface area contributed by atoms with E-state index in [4.69, 9.17) is 15.2 Å². The van der Waals surface area contributed by atoms with Gasteiger partial charge in [-0.1, -0.05) is 18.2 Å². The van der Waals surface area contributed by atoms with Gasteiger partial charge in [0.25, 0.3) is 0 Å². The number of rotatable bonds is 6. The molecule has 0 spiro atoms. The highest BCUT2D eigenvalue weighted by Gasteiger charge is 2.22. The summed E-state index contributed by atoms with van der Waals surface area (Å²) in [6.07, 6.45) is 0.183. The molecule has 0 saturated heterocycles. The molecule has 6 nitrogen and oxygen atoms in total. The van der Waals surface area contributed by atoms with Gasteiger partial charge in [0.05, 0.1) is 12.6 Å². The molecule has 1 heterocycles. The number of aromatic nitrogens is 1. The molecule has 130 valence electrons. The van der Waals surface area contributed by atoms with Crippen LogP contribution >= 0.6 is 0 Å². The van der Waals surface area contributed by atoms with Crippen molar-refractivity contribution >= 4 is 16.9 Å². The van der Waals surface area contributed by atoms with Crippen LogP contribution in [-0.2, 0) is 18.3 Å². The summed E-state index contributed by atoms with van der Waals surface area (Å²) in [4.78, 5) is 11.2. The fourth-order valence-corrected chi connectivity index (χ4v) is 2.84. The Labute approximate surface area is 145 Å². The number of carboxylic acid groups (broad SMARTS) is 1. The summed E-state index contributed by atoms with van der Waals surface area (Å²) in [6.45, 7) is 0. The van der Waals surface area contributed by atoms with Crippen molar-refractivity contribution in [1.82, 2.24) is 4.57 Å². The second kappa shape index (κ2) is 6.86. The number of para-hydroxylation sites is 1. The van der Waals surface area contributed by atoms with E-state index in [2.05, 4.69) is 0 Å². The van der Waals surface area contributed by atoms with Gasteiger partial charge in [0.15, 0.2) is 0 Å². The van der Waals surface area contributed by atoms with E-state index < -0.39 is 12.0 Å². The van der Waals surface area contributed by atoms with Gasteiger partial charge in [-0.25, -0.2) is 0 Å². The van der Waals surface area contributed by atoms with E-state index in [1.807, 2.05) is 35.9 Å². The van der Waals surface area contributed by atoms with Gasteiger partial charge in [-0.05, 0) is 30.3 Å². The number of nitrogens with two attached hydrogens (primary N) is 1. The molecule has 0 bridgehead atoms. The Morgan fingerprint density at radius 1 is 1.16 bits per heavy atom. The maximum absolute atomic E-state index is 11.2. The molecule has 3 aromatic rings. The number of aryl methyl sites for hydroxylation is 1. The number of carbonyl (C=O) groups is 1. The Morgan fingerprint density at radius 3 is 2.44 bits per heavy atom. The SMILES string of the molecule is COc1ccc(Oc2c(CC(N)C(=O)O)c3ccccc3n2C)cc1. The Balaban J connectivity index is 2.05. The molecule has 0 aliphatic heterocycles. The first-order chi connectivity index (χ1) is 12.0. The van der Waals surface area contributed by atoms with Gasteiger partial charge in [0.1, 0.15) is 17.5 Å². The zero-order chi connectivity index (χ0) is 18.0. The van der Waals surface area contributed by atoms with Gasteiger partial charge < -0.3 is 24.9 Å². The third-order valence-corrected chi connectivity index (χ3v) is 4.17. The van der Waals surface area contributed by atoms with Crippen LogP contribution in [0.2, 0.25) is 0 Å². The third kappa shape index (κ3) is 3.29. The van der Waals surface area contributed by atoms with Crippen molar-refractivity contribution in [3.63, 3.8) is 0 Å². The first-order valence-corrected chi connectivity index (χ1v) is 7.88. The number of hydrogen-bond acceptors (Lipinski definition) is 4. The average Bonchev–Trinajstić information content (AvgIpc) is 2.88. The van der Waals surface area contributed by atoms with Crippen LogP contribution in [0.25, 0.3) is 10.9 Å². The summed E-state index contributed by atoms with van der Waals surface area (Å²) in [5.74, 6) is 0.917. The van der Waals surface area contributed by atoms with Crippen LogP contribution in [-0.4, -0.2) is 28.8 Å². The quantitative estimate of drug-likeness (QED) is 0.720. The molecule has 0 aliphatic carbocycles. The van der Waals surface area contributed by atoms with E-state index >= 15 is 0 Å². The zero-order valence-corrected chi connectivity index (χ0v) is 14.1. The minimum Gasteiger partial charge on any atom is -0.497 e. The minimum atomic E-state index is -1.04. The number of methoxy groups -OCH3 is 1. The van der Waals surface area contributed by atoms with Crippen LogP contribution in [0.5, 0.6) is 17.4 Å². The summed E-state index contributed by atoms with van der Waals surface area (Å²) in [5.41, 5.74) is 7.51. The standard InChI is InChI=1S/C19H20N2O4/c1-21-17-6-4-3-5-14(17)15(11-16(20)19(22)23)18(21)25-13-9-7-12(24-2)8-10-13/h3-10,16H,11,20H2,1-2H3,(H,22,23). The Kier molecular flexibility index (Phi) is 4.63. The Hall–Kier alpha value is -2.99. The smallest absolute Gasteiger partial charge is 0.320 e. The number of benzene rings is 2. The summed E-state index contributed by atoms with van der Waals surface area (Å²) in [5, 5.41) is 10.1. The molecule has 0 radical (unpaired) electrons. The van der Waals surface area contributed by atoms with Gasteiger partial charge in [-0.2, -0.15) is 0 Å². The lowest BCUT2D eigenvalue weighted by Crippen LogP contribution is -2.32. The van der Waals surface area contributed by atoms with E-state index in [9.17, 15) is 9.90 Å². The third-order valence-electron chi connectivity index (χ3n) is 4.17. The molecule has 1 unspecified atom stereocenters. The fraction of sp³-hybridized carbons (Fsp3) is 0.211. The lowest BCUT2D eigenvalue weighted by atomic mass is 10.1. The maximum Gasteiger partial charge on any atom is 0.320 e. The number of hydrogen-bond donors (Lipinski definition) is 2. The van der Waals surface area contributed by atoms with Crippen LogP contribution in [0.4, 0.5) is 0 Å². The predicted molar refractivity (Wildman–Crippen MR) is 95.3 cm³/mol. The average molecular weight is 340 g/mol. The van der Waals surface area contributed by atoms with Crippen molar-refractivity contribution in [2.75, 3.05) is 7.11 Å². The van der Waals surface area contributed by atoms with Crippen molar-refractivity contribution in [2.24, 2.45) is 12.8 Å². The largest absolute Gasteiger partial charge is 0.497 e. The number of carboxylic acids is 1. The van der Waals surface area contributed by atoms with Gasteiger partial charge >= 0.3 is 5.97 Å². The van der Waals surface area contributed by atoms with Gasteiger partial charge in [-0.15, -0.1) is 0 Å². The number of aliphatic carboxylic acids is 1. The highest BCUT2D eigenvalue weighted by molar-refractivity contribution is 5.88.